The van der Waals surface area contributed by atoms with Gasteiger partial charge in [-0.05, 0) is 18.9 Å². The first kappa shape index (κ1) is 9.38. The molecule has 0 aromatic heterocycles. The van der Waals surface area contributed by atoms with Gasteiger partial charge in [0.1, 0.15) is 0 Å². The lowest BCUT2D eigenvalue weighted by Crippen LogP contribution is -2.21. The Hall–Kier alpha value is -0.710. The van der Waals surface area contributed by atoms with Crippen molar-refractivity contribution in [2.24, 2.45) is 0 Å². The van der Waals surface area contributed by atoms with E-state index in [4.69, 9.17) is 0 Å². The highest BCUT2D eigenvalue weighted by Crippen LogP contribution is 2.22. The third kappa shape index (κ3) is 2.73. The average Bonchev–Trinajstić information content (AvgIpc) is 1.94. The molecule has 1 aliphatic rings. The maximum Gasteiger partial charge on any atom is 0.506 e. The standard InChI is InChI=1S/C7H12O4S/c1-2-3-4-5-6-7-10-12(8,9)11-7/h6H,2-5H2,1H3. The molecule has 0 N–H and O–H groups in total. The largest absolute Gasteiger partial charge is 0.506 e. The van der Waals surface area contributed by atoms with Crippen LogP contribution in [-0.2, 0) is 18.8 Å². The molecule has 12 heavy (non-hydrogen) atoms. The van der Waals surface area contributed by atoms with Crippen LogP contribution in [0.4, 0.5) is 0 Å². The fourth-order valence-electron chi connectivity index (χ4n) is 0.890. The van der Waals surface area contributed by atoms with Crippen LogP contribution in [-0.4, -0.2) is 8.42 Å². The fourth-order valence-corrected chi connectivity index (χ4v) is 1.44. The van der Waals surface area contributed by atoms with Crippen LogP contribution in [0.1, 0.15) is 32.6 Å². The smallest absolute Gasteiger partial charge is 0.315 e. The summed E-state index contributed by atoms with van der Waals surface area (Å²) in [5, 5.41) is 0. The van der Waals surface area contributed by atoms with E-state index in [1.165, 1.54) is 0 Å². The predicted octanol–water partition coefficient (Wildman–Crippen LogP) is 1.70. The summed E-state index contributed by atoms with van der Waals surface area (Å²) in [5.41, 5.74) is 0. The van der Waals surface area contributed by atoms with E-state index in [0.717, 1.165) is 25.7 Å². The third-order valence-electron chi connectivity index (χ3n) is 1.49. The number of hydrogen-bond acceptors (Lipinski definition) is 4. The summed E-state index contributed by atoms with van der Waals surface area (Å²) in [4.78, 5) is 0. The molecule has 0 atom stereocenters. The highest BCUT2D eigenvalue weighted by Gasteiger charge is 2.31. The average molecular weight is 192 g/mol. The van der Waals surface area contributed by atoms with Gasteiger partial charge in [0.05, 0.1) is 0 Å². The van der Waals surface area contributed by atoms with Gasteiger partial charge in [0.15, 0.2) is 0 Å². The van der Waals surface area contributed by atoms with Gasteiger partial charge in [-0.3, -0.25) is 0 Å². The molecule has 5 heteroatoms. The molecule has 1 heterocycles. The van der Waals surface area contributed by atoms with E-state index >= 15 is 0 Å². The molecule has 0 spiro atoms. The Balaban J connectivity index is 2.15. The first-order valence-electron chi connectivity index (χ1n) is 3.98. The highest BCUT2D eigenvalue weighted by molar-refractivity contribution is 7.83. The Kier molecular flexibility index (Phi) is 2.97. The van der Waals surface area contributed by atoms with Crippen LogP contribution in [0.2, 0.25) is 0 Å². The molecule has 0 aliphatic carbocycles. The minimum absolute atomic E-state index is 0.117. The lowest BCUT2D eigenvalue weighted by Gasteiger charge is -2.17. The molecule has 0 radical (unpaired) electrons. The maximum atomic E-state index is 10.3. The Bertz CT molecular complexity index is 251. The molecule has 0 unspecified atom stereocenters. The lowest BCUT2D eigenvalue weighted by molar-refractivity contribution is 0.118. The normalized spacial score (nSPS) is 18.9. The van der Waals surface area contributed by atoms with Crippen molar-refractivity contribution in [3.63, 3.8) is 0 Å². The second-order valence-electron chi connectivity index (χ2n) is 2.59. The van der Waals surface area contributed by atoms with Gasteiger partial charge in [-0.15, -0.1) is 8.42 Å². The summed E-state index contributed by atoms with van der Waals surface area (Å²) in [6.07, 6.45) is 5.77. The van der Waals surface area contributed by atoms with Gasteiger partial charge in [-0.1, -0.05) is 19.8 Å². The van der Waals surface area contributed by atoms with Crippen LogP contribution >= 0.6 is 0 Å². The molecule has 1 saturated heterocycles. The van der Waals surface area contributed by atoms with Crippen molar-refractivity contribution < 1.29 is 16.8 Å². The van der Waals surface area contributed by atoms with Crippen LogP contribution in [0.5, 0.6) is 0 Å². The minimum Gasteiger partial charge on any atom is -0.315 e. The first-order valence-corrected chi connectivity index (χ1v) is 5.31. The highest BCUT2D eigenvalue weighted by atomic mass is 32.3. The fraction of sp³-hybridized carbons (Fsp3) is 0.714. The third-order valence-corrected chi connectivity index (χ3v) is 2.22. The molecule has 1 fully saturated rings. The van der Waals surface area contributed by atoms with Crippen LogP contribution in [0.15, 0.2) is 12.0 Å². The van der Waals surface area contributed by atoms with Gasteiger partial charge in [-0.2, -0.15) is 0 Å². The number of allylic oxidation sites excluding steroid dienone is 1. The zero-order valence-corrected chi connectivity index (χ0v) is 7.76. The zero-order chi connectivity index (χ0) is 9.03. The van der Waals surface area contributed by atoms with Crippen molar-refractivity contribution >= 4 is 10.4 Å². The summed E-state index contributed by atoms with van der Waals surface area (Å²) in [7, 11) is -3.64. The molecule has 4 nitrogen and oxygen atoms in total. The summed E-state index contributed by atoms with van der Waals surface area (Å²) in [5.74, 6) is 0.117. The molecule has 1 aliphatic heterocycles. The molecule has 0 bridgehead atoms. The topological polar surface area (TPSA) is 52.6 Å². The van der Waals surface area contributed by atoms with Crippen molar-refractivity contribution in [1.29, 1.82) is 0 Å². The second kappa shape index (κ2) is 3.80. The van der Waals surface area contributed by atoms with E-state index in [2.05, 4.69) is 15.3 Å². The Morgan fingerprint density at radius 2 is 2.00 bits per heavy atom. The second-order valence-corrected chi connectivity index (χ2v) is 3.74. The number of rotatable bonds is 4. The van der Waals surface area contributed by atoms with Gasteiger partial charge in [0.25, 0.3) is 0 Å². The molecule has 0 amide bonds. The summed E-state index contributed by atoms with van der Waals surface area (Å²) >= 11 is 0. The van der Waals surface area contributed by atoms with Crippen LogP contribution in [0.3, 0.4) is 0 Å². The van der Waals surface area contributed by atoms with Crippen molar-refractivity contribution in [3.8, 4) is 0 Å². The van der Waals surface area contributed by atoms with Crippen molar-refractivity contribution in [1.82, 2.24) is 0 Å². The van der Waals surface area contributed by atoms with Crippen LogP contribution in [0.25, 0.3) is 0 Å². The molecular weight excluding hydrogens is 180 g/mol. The van der Waals surface area contributed by atoms with E-state index in [1.807, 2.05) is 0 Å². The van der Waals surface area contributed by atoms with Crippen molar-refractivity contribution in [3.05, 3.63) is 12.0 Å². The van der Waals surface area contributed by atoms with Gasteiger partial charge in [0, 0.05) is 0 Å². The first-order chi connectivity index (χ1) is 5.64. The van der Waals surface area contributed by atoms with Gasteiger partial charge < -0.3 is 8.37 Å². The Morgan fingerprint density at radius 1 is 1.33 bits per heavy atom. The van der Waals surface area contributed by atoms with Crippen molar-refractivity contribution in [2.45, 2.75) is 32.6 Å². The number of hydrogen-bond donors (Lipinski definition) is 0. The summed E-state index contributed by atoms with van der Waals surface area (Å²) < 4.78 is 29.2. The quantitative estimate of drug-likeness (QED) is 0.636. The predicted molar refractivity (Wildman–Crippen MR) is 43.3 cm³/mol. The Morgan fingerprint density at radius 3 is 2.50 bits per heavy atom. The SMILES string of the molecule is CCCCCC=C1OS(=O)(=O)O1. The van der Waals surface area contributed by atoms with Gasteiger partial charge in [0.2, 0.25) is 0 Å². The molecule has 0 saturated carbocycles. The Labute approximate surface area is 72.5 Å². The molecule has 0 aromatic rings. The van der Waals surface area contributed by atoms with Crippen LogP contribution < -0.4 is 0 Å². The van der Waals surface area contributed by atoms with Crippen molar-refractivity contribution in [2.75, 3.05) is 0 Å². The van der Waals surface area contributed by atoms with Gasteiger partial charge in [-0.25, -0.2) is 0 Å². The summed E-state index contributed by atoms with van der Waals surface area (Å²) in [6.45, 7) is 2.11. The van der Waals surface area contributed by atoms with E-state index in [9.17, 15) is 8.42 Å². The van der Waals surface area contributed by atoms with Gasteiger partial charge >= 0.3 is 16.3 Å². The zero-order valence-electron chi connectivity index (χ0n) is 6.95. The minimum atomic E-state index is -3.64. The molecule has 0 aromatic carbocycles. The lowest BCUT2D eigenvalue weighted by atomic mass is 10.2. The monoisotopic (exact) mass is 192 g/mol. The van der Waals surface area contributed by atoms with Crippen LogP contribution in [0, 0.1) is 0 Å². The molecule has 70 valence electrons. The number of unbranched alkanes of at least 4 members (excludes halogenated alkanes) is 3. The molecule has 1 rings (SSSR count). The van der Waals surface area contributed by atoms with E-state index in [-0.39, 0.29) is 5.95 Å². The van der Waals surface area contributed by atoms with E-state index in [1.54, 1.807) is 6.08 Å². The molecular formula is C7H12O4S. The van der Waals surface area contributed by atoms with E-state index in [0.29, 0.717) is 0 Å². The maximum absolute atomic E-state index is 10.3. The summed E-state index contributed by atoms with van der Waals surface area (Å²) in [6, 6.07) is 0. The van der Waals surface area contributed by atoms with E-state index < -0.39 is 10.4 Å².